The minimum atomic E-state index is -0.186. The fourth-order valence-corrected chi connectivity index (χ4v) is 5.70. The maximum atomic E-state index is 14.1. The van der Waals surface area contributed by atoms with Gasteiger partial charge in [-0.3, -0.25) is 4.90 Å². The summed E-state index contributed by atoms with van der Waals surface area (Å²) in [5, 5.41) is 0. The molecule has 2 saturated carbocycles. The Balaban J connectivity index is 1.55. The lowest BCUT2D eigenvalue weighted by Crippen LogP contribution is -2.55. The van der Waals surface area contributed by atoms with E-state index in [9.17, 15) is 9.18 Å². The first-order chi connectivity index (χ1) is 15.2. The molecule has 1 aromatic carbocycles. The Kier molecular flexibility index (Phi) is 6.27. The number of hydrogen-bond acceptors (Lipinski definition) is 3. The topological polar surface area (TPSA) is 30.0 Å². The zero-order valence-corrected chi connectivity index (χ0v) is 20.2. The highest BCUT2D eigenvalue weighted by Crippen LogP contribution is 2.50. The normalized spacial score (nSPS) is 28.1. The molecule has 3 fully saturated rings. The van der Waals surface area contributed by atoms with Crippen LogP contribution in [0.2, 0.25) is 0 Å². The number of benzene rings is 1. The molecule has 5 nitrogen and oxygen atoms in total. The molecule has 0 bridgehead atoms. The zero-order valence-electron chi connectivity index (χ0n) is 20.2. The molecular formula is C26H39FN4O. The molecule has 0 radical (unpaired) electrons. The van der Waals surface area contributed by atoms with Crippen LogP contribution < -0.4 is 0 Å². The minimum Gasteiger partial charge on any atom is -0.381 e. The van der Waals surface area contributed by atoms with E-state index in [1.54, 1.807) is 6.07 Å². The molecule has 0 N–H and O–H groups in total. The molecule has 1 aliphatic heterocycles. The highest BCUT2D eigenvalue weighted by Gasteiger charge is 2.55. The van der Waals surface area contributed by atoms with Crippen LogP contribution >= 0.6 is 0 Å². The van der Waals surface area contributed by atoms with Gasteiger partial charge in [-0.15, -0.1) is 0 Å². The lowest BCUT2D eigenvalue weighted by atomic mass is 9.68. The van der Waals surface area contributed by atoms with Crippen LogP contribution in [0.1, 0.15) is 50.5 Å². The molecule has 6 heteroatoms. The van der Waals surface area contributed by atoms with Crippen LogP contribution in [-0.4, -0.2) is 79.0 Å². The summed E-state index contributed by atoms with van der Waals surface area (Å²) in [6, 6.07) is 7.29. The zero-order chi connectivity index (χ0) is 23.1. The molecule has 1 saturated heterocycles. The highest BCUT2D eigenvalue weighted by molar-refractivity contribution is 5.78. The van der Waals surface area contributed by atoms with Gasteiger partial charge in [0, 0.05) is 51.4 Å². The second kappa shape index (κ2) is 8.69. The summed E-state index contributed by atoms with van der Waals surface area (Å²) in [6.07, 6.45) is 7.03. The summed E-state index contributed by atoms with van der Waals surface area (Å²) in [5.74, 6) is 0.485. The van der Waals surface area contributed by atoms with E-state index in [2.05, 4.69) is 41.4 Å². The molecule has 176 valence electrons. The summed E-state index contributed by atoms with van der Waals surface area (Å²) >= 11 is 0. The average molecular weight is 443 g/mol. The smallest absolute Gasteiger partial charge is 0.320 e. The Morgan fingerprint density at radius 1 is 1.16 bits per heavy atom. The standard InChI is InChI=1S/C26H39FN4O/c1-20(28(2)3)11-16-30-19-25(31(24(30)32)18-21-9-10-21)12-14-26(15-13-25,29(4)5)22-7-6-8-23(27)17-22/h6-8,17,21H,1,9-16,18-19H2,2-5H3. The first-order valence-corrected chi connectivity index (χ1v) is 12.0. The predicted octanol–water partition coefficient (Wildman–Crippen LogP) is 4.51. The maximum Gasteiger partial charge on any atom is 0.320 e. The van der Waals surface area contributed by atoms with Crippen molar-refractivity contribution in [2.24, 2.45) is 5.92 Å². The Labute approximate surface area is 192 Å². The monoisotopic (exact) mass is 442 g/mol. The third kappa shape index (κ3) is 4.26. The quantitative estimate of drug-likeness (QED) is 0.593. The number of hydrogen-bond donors (Lipinski definition) is 0. The largest absolute Gasteiger partial charge is 0.381 e. The summed E-state index contributed by atoms with van der Waals surface area (Å²) in [5.41, 5.74) is 1.81. The van der Waals surface area contributed by atoms with Gasteiger partial charge in [0.05, 0.1) is 5.54 Å². The average Bonchev–Trinajstić information content (AvgIpc) is 3.54. The Hall–Kier alpha value is -2.08. The Morgan fingerprint density at radius 2 is 1.84 bits per heavy atom. The van der Waals surface area contributed by atoms with Crippen molar-refractivity contribution in [1.29, 1.82) is 0 Å². The molecule has 2 amide bonds. The Morgan fingerprint density at radius 3 is 2.41 bits per heavy atom. The lowest BCUT2D eigenvalue weighted by Gasteiger charge is -2.51. The summed E-state index contributed by atoms with van der Waals surface area (Å²) in [7, 11) is 8.21. The predicted molar refractivity (Wildman–Crippen MR) is 127 cm³/mol. The van der Waals surface area contributed by atoms with E-state index >= 15 is 0 Å². The first kappa shape index (κ1) is 23.1. The number of urea groups is 1. The number of halogens is 1. The number of amides is 2. The van der Waals surface area contributed by atoms with Crippen LogP contribution in [0.15, 0.2) is 36.5 Å². The van der Waals surface area contributed by atoms with Crippen molar-refractivity contribution in [2.45, 2.75) is 56.0 Å². The van der Waals surface area contributed by atoms with Gasteiger partial charge in [-0.25, -0.2) is 9.18 Å². The van der Waals surface area contributed by atoms with Gasteiger partial charge >= 0.3 is 6.03 Å². The van der Waals surface area contributed by atoms with Crippen LogP contribution in [0, 0.1) is 11.7 Å². The second-order valence-corrected chi connectivity index (χ2v) is 10.6. The molecule has 32 heavy (non-hydrogen) atoms. The van der Waals surface area contributed by atoms with Crippen LogP contribution in [0.4, 0.5) is 9.18 Å². The van der Waals surface area contributed by atoms with Crippen molar-refractivity contribution in [3.63, 3.8) is 0 Å². The van der Waals surface area contributed by atoms with Gasteiger partial charge in [0.15, 0.2) is 0 Å². The van der Waals surface area contributed by atoms with Crippen molar-refractivity contribution in [1.82, 2.24) is 19.6 Å². The van der Waals surface area contributed by atoms with E-state index in [1.165, 1.54) is 18.9 Å². The molecule has 0 atom stereocenters. The molecule has 0 unspecified atom stereocenters. The summed E-state index contributed by atoms with van der Waals surface area (Å²) < 4.78 is 14.1. The molecular weight excluding hydrogens is 403 g/mol. The van der Waals surface area contributed by atoms with Gasteiger partial charge in [0.1, 0.15) is 5.82 Å². The van der Waals surface area contributed by atoms with Crippen LogP contribution in [0.25, 0.3) is 0 Å². The fourth-order valence-electron chi connectivity index (χ4n) is 5.70. The van der Waals surface area contributed by atoms with Gasteiger partial charge in [-0.1, -0.05) is 18.7 Å². The van der Waals surface area contributed by atoms with E-state index in [0.717, 1.165) is 63.0 Å². The second-order valence-electron chi connectivity index (χ2n) is 10.6. The molecule has 1 spiro atoms. The van der Waals surface area contributed by atoms with Crippen LogP contribution in [0.5, 0.6) is 0 Å². The van der Waals surface area contributed by atoms with Crippen molar-refractivity contribution in [3.05, 3.63) is 47.9 Å². The fraction of sp³-hybridized carbons (Fsp3) is 0.654. The SMILES string of the molecule is C=C(CCN1CC2(CCC(c3cccc(F)c3)(N(C)C)CC2)N(CC2CC2)C1=O)N(C)C. The summed E-state index contributed by atoms with van der Waals surface area (Å²) in [6.45, 7) is 6.55. The van der Waals surface area contributed by atoms with Crippen molar-refractivity contribution in [3.8, 4) is 0 Å². The van der Waals surface area contributed by atoms with Gasteiger partial charge in [0.2, 0.25) is 0 Å². The van der Waals surface area contributed by atoms with E-state index < -0.39 is 0 Å². The van der Waals surface area contributed by atoms with Crippen molar-refractivity contribution < 1.29 is 9.18 Å². The molecule has 1 aromatic rings. The first-order valence-electron chi connectivity index (χ1n) is 12.0. The maximum absolute atomic E-state index is 14.1. The summed E-state index contributed by atoms with van der Waals surface area (Å²) in [4.78, 5) is 22.0. The van der Waals surface area contributed by atoms with E-state index in [4.69, 9.17) is 0 Å². The van der Waals surface area contributed by atoms with Gasteiger partial charge < -0.3 is 14.7 Å². The minimum absolute atomic E-state index is 0.105. The van der Waals surface area contributed by atoms with Crippen LogP contribution in [0.3, 0.4) is 0 Å². The lowest BCUT2D eigenvalue weighted by molar-refractivity contribution is 0.0232. The van der Waals surface area contributed by atoms with E-state index in [1.807, 2.05) is 25.1 Å². The molecule has 3 aliphatic rings. The molecule has 2 aliphatic carbocycles. The number of nitrogens with zero attached hydrogens (tertiary/aromatic N) is 4. The van der Waals surface area contributed by atoms with Crippen molar-refractivity contribution in [2.75, 3.05) is 47.8 Å². The van der Waals surface area contributed by atoms with Crippen molar-refractivity contribution >= 4 is 6.03 Å². The van der Waals surface area contributed by atoms with E-state index in [-0.39, 0.29) is 22.9 Å². The molecule has 1 heterocycles. The third-order valence-electron chi connectivity index (χ3n) is 8.23. The highest BCUT2D eigenvalue weighted by atomic mass is 19.1. The number of carbonyl (C=O) groups is 1. The van der Waals surface area contributed by atoms with Gasteiger partial charge in [-0.2, -0.15) is 0 Å². The number of carbonyl (C=O) groups excluding carboxylic acids is 1. The van der Waals surface area contributed by atoms with E-state index in [0.29, 0.717) is 5.92 Å². The van der Waals surface area contributed by atoms with Crippen LogP contribution in [-0.2, 0) is 5.54 Å². The van der Waals surface area contributed by atoms with Gasteiger partial charge in [0.25, 0.3) is 0 Å². The van der Waals surface area contributed by atoms with Gasteiger partial charge in [-0.05, 0) is 76.2 Å². The number of rotatable bonds is 8. The Bertz CT molecular complexity index is 855. The molecule has 0 aromatic heterocycles. The molecule has 4 rings (SSSR count). The third-order valence-corrected chi connectivity index (χ3v) is 8.23.